The molecule has 0 radical (unpaired) electrons. The molecule has 1 amide bonds. The van der Waals surface area contributed by atoms with E-state index >= 15 is 0 Å². The van der Waals surface area contributed by atoms with Gasteiger partial charge in [-0.1, -0.05) is 18.6 Å². The zero-order valence-corrected chi connectivity index (χ0v) is 17.3. The first-order valence-electron chi connectivity index (χ1n) is 9.57. The van der Waals surface area contributed by atoms with Crippen LogP contribution < -0.4 is 10.1 Å². The van der Waals surface area contributed by atoms with Gasteiger partial charge in [-0.25, -0.2) is 12.8 Å². The zero-order chi connectivity index (χ0) is 21.0. The SMILES string of the molecule is COc1ccc(C(=O)N[C@@H](C)c2ccc(F)cc2)cc1S(=O)(=O)N1CCCCC1. The summed E-state index contributed by atoms with van der Waals surface area (Å²) in [7, 11) is -2.36. The molecule has 8 heteroatoms. The van der Waals surface area contributed by atoms with Gasteiger partial charge in [0.05, 0.1) is 13.2 Å². The highest BCUT2D eigenvalue weighted by Crippen LogP contribution is 2.29. The first kappa shape index (κ1) is 21.3. The number of hydrogen-bond donors (Lipinski definition) is 1. The van der Waals surface area contributed by atoms with E-state index in [9.17, 15) is 17.6 Å². The zero-order valence-electron chi connectivity index (χ0n) is 16.5. The number of methoxy groups -OCH3 is 1. The van der Waals surface area contributed by atoms with E-state index in [1.165, 1.54) is 41.7 Å². The summed E-state index contributed by atoms with van der Waals surface area (Å²) in [5.41, 5.74) is 0.963. The van der Waals surface area contributed by atoms with Crippen molar-refractivity contribution in [2.24, 2.45) is 0 Å². The van der Waals surface area contributed by atoms with Crippen molar-refractivity contribution in [1.29, 1.82) is 0 Å². The Kier molecular flexibility index (Phi) is 6.54. The molecule has 156 valence electrons. The van der Waals surface area contributed by atoms with Gasteiger partial charge in [-0.15, -0.1) is 0 Å². The Bertz CT molecular complexity index is 971. The maximum Gasteiger partial charge on any atom is 0.251 e. The minimum Gasteiger partial charge on any atom is -0.495 e. The maximum absolute atomic E-state index is 13.1. The number of halogens is 1. The number of ether oxygens (including phenoxy) is 1. The van der Waals surface area contributed by atoms with Crippen LogP contribution in [0.15, 0.2) is 47.4 Å². The highest BCUT2D eigenvalue weighted by molar-refractivity contribution is 7.89. The van der Waals surface area contributed by atoms with Gasteiger partial charge in [0.2, 0.25) is 10.0 Å². The molecule has 1 aliphatic heterocycles. The lowest BCUT2D eigenvalue weighted by Crippen LogP contribution is -2.36. The normalized spacial score (nSPS) is 16.2. The van der Waals surface area contributed by atoms with Crippen LogP contribution in [0.1, 0.15) is 48.1 Å². The van der Waals surface area contributed by atoms with Gasteiger partial charge in [0.25, 0.3) is 5.91 Å². The molecule has 0 spiro atoms. The van der Waals surface area contributed by atoms with Crippen LogP contribution in [0, 0.1) is 5.82 Å². The average molecular weight is 421 g/mol. The monoisotopic (exact) mass is 420 g/mol. The molecule has 0 aliphatic carbocycles. The van der Waals surface area contributed by atoms with Crippen molar-refractivity contribution in [3.63, 3.8) is 0 Å². The molecule has 1 aliphatic rings. The van der Waals surface area contributed by atoms with Crippen LogP contribution in [0.3, 0.4) is 0 Å². The molecule has 2 aromatic rings. The number of piperidine rings is 1. The number of carbonyl (C=O) groups excluding carboxylic acids is 1. The Morgan fingerprint density at radius 1 is 1.10 bits per heavy atom. The van der Waals surface area contributed by atoms with Crippen molar-refractivity contribution in [3.05, 3.63) is 59.4 Å². The molecular weight excluding hydrogens is 395 g/mol. The van der Waals surface area contributed by atoms with Crippen molar-refractivity contribution < 1.29 is 22.3 Å². The molecule has 0 bridgehead atoms. The summed E-state index contributed by atoms with van der Waals surface area (Å²) in [6.45, 7) is 2.70. The minimum absolute atomic E-state index is 0.0102. The van der Waals surface area contributed by atoms with Gasteiger partial charge >= 0.3 is 0 Å². The van der Waals surface area contributed by atoms with Crippen molar-refractivity contribution in [1.82, 2.24) is 9.62 Å². The lowest BCUT2D eigenvalue weighted by molar-refractivity contribution is 0.0939. The molecule has 1 atom stereocenters. The molecule has 0 unspecified atom stereocenters. The molecule has 0 aromatic heterocycles. The van der Waals surface area contributed by atoms with E-state index in [1.54, 1.807) is 19.1 Å². The van der Waals surface area contributed by atoms with Crippen molar-refractivity contribution >= 4 is 15.9 Å². The fourth-order valence-electron chi connectivity index (χ4n) is 3.38. The number of hydrogen-bond acceptors (Lipinski definition) is 4. The third kappa shape index (κ3) is 4.76. The quantitative estimate of drug-likeness (QED) is 0.776. The maximum atomic E-state index is 13.1. The second kappa shape index (κ2) is 8.92. The highest BCUT2D eigenvalue weighted by Gasteiger charge is 2.29. The van der Waals surface area contributed by atoms with Gasteiger partial charge in [0, 0.05) is 18.7 Å². The van der Waals surface area contributed by atoms with E-state index in [4.69, 9.17) is 4.74 Å². The first-order chi connectivity index (χ1) is 13.8. The van der Waals surface area contributed by atoms with E-state index in [2.05, 4.69) is 5.32 Å². The smallest absolute Gasteiger partial charge is 0.251 e. The molecule has 1 saturated heterocycles. The van der Waals surface area contributed by atoms with Crippen LogP contribution in [0.5, 0.6) is 5.75 Å². The molecule has 2 aromatic carbocycles. The topological polar surface area (TPSA) is 75.7 Å². The predicted molar refractivity (Wildman–Crippen MR) is 108 cm³/mol. The Morgan fingerprint density at radius 3 is 2.38 bits per heavy atom. The molecule has 3 rings (SSSR count). The number of carbonyl (C=O) groups is 1. The number of rotatable bonds is 6. The minimum atomic E-state index is -3.76. The fourth-order valence-corrected chi connectivity index (χ4v) is 5.08. The highest BCUT2D eigenvalue weighted by atomic mass is 32.2. The van der Waals surface area contributed by atoms with Crippen LogP contribution in [0.4, 0.5) is 4.39 Å². The number of sulfonamides is 1. The third-order valence-electron chi connectivity index (χ3n) is 5.08. The summed E-state index contributed by atoms with van der Waals surface area (Å²) in [6.07, 6.45) is 2.64. The standard InChI is InChI=1S/C21H25FN2O4S/c1-15(16-6-9-18(22)10-7-16)23-21(25)17-8-11-19(28-2)20(14-17)29(26,27)24-12-4-3-5-13-24/h6-11,14-15H,3-5,12-13H2,1-2H3,(H,23,25)/t15-/m0/s1. The summed E-state index contributed by atoms with van der Waals surface area (Å²) < 4.78 is 46.0. The molecule has 0 saturated carbocycles. The van der Waals surface area contributed by atoms with E-state index in [1.807, 2.05) is 0 Å². The van der Waals surface area contributed by atoms with Crippen LogP contribution >= 0.6 is 0 Å². The van der Waals surface area contributed by atoms with Crippen molar-refractivity contribution in [3.8, 4) is 5.75 Å². The van der Waals surface area contributed by atoms with Gasteiger partial charge < -0.3 is 10.1 Å². The van der Waals surface area contributed by atoms with Gasteiger partial charge in [0.1, 0.15) is 16.5 Å². The summed E-state index contributed by atoms with van der Waals surface area (Å²) in [6, 6.07) is 9.86. The Morgan fingerprint density at radius 2 is 1.76 bits per heavy atom. The molecule has 1 heterocycles. The number of nitrogens with zero attached hydrogens (tertiary/aromatic N) is 1. The Labute approximate surface area is 170 Å². The van der Waals surface area contributed by atoms with E-state index in [0.29, 0.717) is 13.1 Å². The lowest BCUT2D eigenvalue weighted by Gasteiger charge is -2.26. The molecule has 1 N–H and O–H groups in total. The predicted octanol–water partition coefficient (Wildman–Crippen LogP) is 3.50. The van der Waals surface area contributed by atoms with Crippen molar-refractivity contribution in [2.75, 3.05) is 20.2 Å². The largest absolute Gasteiger partial charge is 0.495 e. The molecule has 6 nitrogen and oxygen atoms in total. The van der Waals surface area contributed by atoms with E-state index in [0.717, 1.165) is 24.8 Å². The van der Waals surface area contributed by atoms with Gasteiger partial charge in [-0.2, -0.15) is 4.31 Å². The van der Waals surface area contributed by atoms with E-state index in [-0.39, 0.29) is 28.1 Å². The first-order valence-corrected chi connectivity index (χ1v) is 11.0. The second-order valence-corrected chi connectivity index (χ2v) is 8.98. The summed E-state index contributed by atoms with van der Waals surface area (Å²) in [5.74, 6) is -0.562. The van der Waals surface area contributed by atoms with Crippen LogP contribution in [-0.4, -0.2) is 38.8 Å². The van der Waals surface area contributed by atoms with Gasteiger partial charge in [-0.3, -0.25) is 4.79 Å². The molecular formula is C21H25FN2O4S. The Balaban J connectivity index is 1.85. The van der Waals surface area contributed by atoms with Crippen LogP contribution in [-0.2, 0) is 10.0 Å². The second-order valence-electron chi connectivity index (χ2n) is 7.08. The lowest BCUT2D eigenvalue weighted by atomic mass is 10.1. The summed E-state index contributed by atoms with van der Waals surface area (Å²) >= 11 is 0. The summed E-state index contributed by atoms with van der Waals surface area (Å²) in [5, 5.41) is 2.82. The van der Waals surface area contributed by atoms with Crippen LogP contribution in [0.25, 0.3) is 0 Å². The van der Waals surface area contributed by atoms with Gasteiger partial charge in [0.15, 0.2) is 0 Å². The molecule has 29 heavy (non-hydrogen) atoms. The third-order valence-corrected chi connectivity index (χ3v) is 7.00. The molecule has 1 fully saturated rings. The summed E-state index contributed by atoms with van der Waals surface area (Å²) in [4.78, 5) is 12.7. The average Bonchev–Trinajstić information content (AvgIpc) is 2.74. The fraction of sp³-hybridized carbons (Fsp3) is 0.381. The van der Waals surface area contributed by atoms with Crippen molar-refractivity contribution in [2.45, 2.75) is 37.1 Å². The van der Waals surface area contributed by atoms with Crippen LogP contribution in [0.2, 0.25) is 0 Å². The van der Waals surface area contributed by atoms with E-state index < -0.39 is 15.9 Å². The number of benzene rings is 2. The Hall–Kier alpha value is -2.45. The van der Waals surface area contributed by atoms with Gasteiger partial charge in [-0.05, 0) is 55.7 Å². The number of amides is 1. The number of nitrogens with one attached hydrogen (secondary N) is 1.